The van der Waals surface area contributed by atoms with Gasteiger partial charge in [0.05, 0.1) is 18.8 Å². The lowest BCUT2D eigenvalue weighted by Gasteiger charge is -2.27. The summed E-state index contributed by atoms with van der Waals surface area (Å²) in [6, 6.07) is 0. The van der Waals surface area contributed by atoms with Crippen LogP contribution in [0.4, 0.5) is 0 Å². The molecule has 0 bridgehead atoms. The molecule has 0 radical (unpaired) electrons. The maximum atomic E-state index is 4.39. The molecule has 7 heteroatoms. The number of hydrogen-bond acceptors (Lipinski definition) is 5. The smallest absolute Gasteiger partial charge is 0.122 e. The van der Waals surface area contributed by atoms with Crippen LogP contribution in [0, 0.1) is 0 Å². The van der Waals surface area contributed by atoms with E-state index in [9.17, 15) is 0 Å². The van der Waals surface area contributed by atoms with Gasteiger partial charge in [0.1, 0.15) is 5.82 Å². The summed E-state index contributed by atoms with van der Waals surface area (Å²) < 4.78 is 4.16. The summed E-state index contributed by atoms with van der Waals surface area (Å²) >= 11 is 0. The summed E-state index contributed by atoms with van der Waals surface area (Å²) in [7, 11) is 0. The van der Waals surface area contributed by atoms with E-state index in [2.05, 4.69) is 43.2 Å². The largest absolute Gasteiger partial charge is 0.333 e. The van der Waals surface area contributed by atoms with Gasteiger partial charge in [-0.25, -0.2) is 4.98 Å². The lowest BCUT2D eigenvalue weighted by atomic mass is 10.3. The lowest BCUT2D eigenvalue weighted by Crippen LogP contribution is -2.35. The van der Waals surface area contributed by atoms with Gasteiger partial charge >= 0.3 is 0 Å². The molecule has 2 aromatic rings. The van der Waals surface area contributed by atoms with E-state index in [1.807, 2.05) is 17.1 Å². The molecule has 21 heavy (non-hydrogen) atoms. The molecular formula is C14H23N7. The average molecular weight is 289 g/mol. The highest BCUT2D eigenvalue weighted by atomic mass is 15.4. The van der Waals surface area contributed by atoms with Crippen molar-refractivity contribution in [3.8, 4) is 0 Å². The molecule has 1 aliphatic heterocycles. The normalized spacial score (nSPS) is 15.3. The standard InChI is InChI=1S/C14H23N7/c1-2-3-15-10-13-11-21(18-17-13)9-7-19-6-8-20-5-4-16-14(20)12-19/h4-5,11,15H,2-3,6-10,12H2,1H3. The molecule has 114 valence electrons. The SMILES string of the molecule is CCCNCc1cn(CCN2CCn3ccnc3C2)nn1. The van der Waals surface area contributed by atoms with E-state index in [1.165, 1.54) is 0 Å². The first-order chi connectivity index (χ1) is 10.3. The fourth-order valence-electron chi connectivity index (χ4n) is 2.58. The van der Waals surface area contributed by atoms with Crippen LogP contribution < -0.4 is 5.32 Å². The predicted octanol–water partition coefficient (Wildman–Crippen LogP) is 0.490. The van der Waals surface area contributed by atoms with Crippen LogP contribution in [0.2, 0.25) is 0 Å². The quantitative estimate of drug-likeness (QED) is 0.752. The molecule has 0 spiro atoms. The Kier molecular flexibility index (Phi) is 4.62. The van der Waals surface area contributed by atoms with Crippen LogP contribution in [0.1, 0.15) is 24.9 Å². The van der Waals surface area contributed by atoms with Crippen LogP contribution in [0.25, 0.3) is 0 Å². The highest BCUT2D eigenvalue weighted by Gasteiger charge is 2.16. The van der Waals surface area contributed by atoms with Gasteiger partial charge in [-0.2, -0.15) is 0 Å². The van der Waals surface area contributed by atoms with Crippen molar-refractivity contribution in [2.45, 2.75) is 39.5 Å². The van der Waals surface area contributed by atoms with Crippen molar-refractivity contribution >= 4 is 0 Å². The van der Waals surface area contributed by atoms with Crippen molar-refractivity contribution < 1.29 is 0 Å². The highest BCUT2D eigenvalue weighted by molar-refractivity contribution is 4.95. The first kappa shape index (κ1) is 14.2. The molecular weight excluding hydrogens is 266 g/mol. The zero-order valence-electron chi connectivity index (χ0n) is 12.6. The molecule has 0 unspecified atom stereocenters. The van der Waals surface area contributed by atoms with Gasteiger partial charge in [0.15, 0.2) is 0 Å². The molecule has 0 atom stereocenters. The molecule has 0 saturated heterocycles. The zero-order chi connectivity index (χ0) is 14.5. The molecule has 1 aliphatic rings. The Morgan fingerprint density at radius 1 is 1.29 bits per heavy atom. The third-order valence-electron chi connectivity index (χ3n) is 3.79. The average Bonchev–Trinajstić information content (AvgIpc) is 3.13. The number of hydrogen-bond donors (Lipinski definition) is 1. The summed E-state index contributed by atoms with van der Waals surface area (Å²) in [6.07, 6.45) is 7.11. The summed E-state index contributed by atoms with van der Waals surface area (Å²) in [5, 5.41) is 11.7. The molecule has 0 amide bonds. The summed E-state index contributed by atoms with van der Waals surface area (Å²) in [6.45, 7) is 8.87. The second-order valence-corrected chi connectivity index (χ2v) is 5.46. The summed E-state index contributed by atoms with van der Waals surface area (Å²) in [5.41, 5.74) is 1.01. The number of rotatable bonds is 7. The predicted molar refractivity (Wildman–Crippen MR) is 79.5 cm³/mol. The van der Waals surface area contributed by atoms with Gasteiger partial charge in [0.25, 0.3) is 0 Å². The molecule has 0 aromatic carbocycles. The third kappa shape index (κ3) is 3.68. The number of imidazole rings is 1. The lowest BCUT2D eigenvalue weighted by molar-refractivity contribution is 0.206. The van der Waals surface area contributed by atoms with Crippen LogP contribution >= 0.6 is 0 Å². The second-order valence-electron chi connectivity index (χ2n) is 5.46. The fourth-order valence-corrected chi connectivity index (χ4v) is 2.58. The molecule has 3 rings (SSSR count). The Hall–Kier alpha value is -1.73. The molecule has 3 heterocycles. The highest BCUT2D eigenvalue weighted by Crippen LogP contribution is 2.09. The third-order valence-corrected chi connectivity index (χ3v) is 3.79. The second kappa shape index (κ2) is 6.82. The Morgan fingerprint density at radius 3 is 3.14 bits per heavy atom. The summed E-state index contributed by atoms with van der Waals surface area (Å²) in [4.78, 5) is 6.80. The minimum Gasteiger partial charge on any atom is -0.333 e. The van der Waals surface area contributed by atoms with E-state index in [1.54, 1.807) is 0 Å². The topological polar surface area (TPSA) is 63.8 Å². The van der Waals surface area contributed by atoms with Crippen molar-refractivity contribution in [1.29, 1.82) is 0 Å². The minimum atomic E-state index is 0.801. The van der Waals surface area contributed by atoms with Crippen molar-refractivity contribution in [2.75, 3.05) is 19.6 Å². The van der Waals surface area contributed by atoms with E-state index in [-0.39, 0.29) is 0 Å². The molecule has 0 fully saturated rings. The maximum Gasteiger partial charge on any atom is 0.122 e. The van der Waals surface area contributed by atoms with Crippen molar-refractivity contribution in [1.82, 2.24) is 34.8 Å². The van der Waals surface area contributed by atoms with Gasteiger partial charge in [0.2, 0.25) is 0 Å². The molecule has 0 saturated carbocycles. The van der Waals surface area contributed by atoms with Crippen molar-refractivity contribution in [3.63, 3.8) is 0 Å². The monoisotopic (exact) mass is 289 g/mol. The van der Waals surface area contributed by atoms with E-state index < -0.39 is 0 Å². The van der Waals surface area contributed by atoms with Gasteiger partial charge in [-0.05, 0) is 13.0 Å². The van der Waals surface area contributed by atoms with Crippen LogP contribution in [0.5, 0.6) is 0 Å². The number of fused-ring (bicyclic) bond motifs is 1. The molecule has 0 aliphatic carbocycles. The Bertz CT molecular complexity index is 559. The number of nitrogens with one attached hydrogen (secondary N) is 1. The fraction of sp³-hybridized carbons (Fsp3) is 0.643. The minimum absolute atomic E-state index is 0.801. The summed E-state index contributed by atoms with van der Waals surface area (Å²) in [5.74, 6) is 1.16. The number of aromatic nitrogens is 5. The Labute approximate surface area is 125 Å². The molecule has 2 aromatic heterocycles. The van der Waals surface area contributed by atoms with Gasteiger partial charge in [-0.1, -0.05) is 12.1 Å². The van der Waals surface area contributed by atoms with Crippen LogP contribution in [-0.2, 0) is 26.2 Å². The van der Waals surface area contributed by atoms with E-state index in [4.69, 9.17) is 0 Å². The number of nitrogens with zero attached hydrogens (tertiary/aromatic N) is 6. The van der Waals surface area contributed by atoms with E-state index in [0.29, 0.717) is 0 Å². The first-order valence-electron chi connectivity index (χ1n) is 7.67. The van der Waals surface area contributed by atoms with E-state index in [0.717, 1.165) is 63.8 Å². The van der Waals surface area contributed by atoms with Gasteiger partial charge < -0.3 is 9.88 Å². The van der Waals surface area contributed by atoms with E-state index >= 15 is 0 Å². The van der Waals surface area contributed by atoms with Crippen molar-refractivity contribution in [2.24, 2.45) is 0 Å². The maximum absolute atomic E-state index is 4.39. The zero-order valence-corrected chi connectivity index (χ0v) is 12.6. The first-order valence-corrected chi connectivity index (χ1v) is 7.67. The van der Waals surface area contributed by atoms with Gasteiger partial charge in [-0.3, -0.25) is 9.58 Å². The Balaban J connectivity index is 1.45. The van der Waals surface area contributed by atoms with Crippen LogP contribution in [-0.4, -0.2) is 49.1 Å². The van der Waals surface area contributed by atoms with Gasteiger partial charge in [0, 0.05) is 44.8 Å². The Morgan fingerprint density at radius 2 is 2.24 bits per heavy atom. The molecule has 1 N–H and O–H groups in total. The molecule has 7 nitrogen and oxygen atoms in total. The van der Waals surface area contributed by atoms with Crippen molar-refractivity contribution in [3.05, 3.63) is 30.1 Å². The van der Waals surface area contributed by atoms with Crippen LogP contribution in [0.15, 0.2) is 18.6 Å². The van der Waals surface area contributed by atoms with Gasteiger partial charge in [-0.15, -0.1) is 5.10 Å². The van der Waals surface area contributed by atoms with Crippen LogP contribution in [0.3, 0.4) is 0 Å².